The van der Waals surface area contributed by atoms with Crippen molar-refractivity contribution in [1.29, 1.82) is 0 Å². The molecule has 7 aliphatic rings. The normalized spacial score (nSPS) is 31.6. The van der Waals surface area contributed by atoms with Gasteiger partial charge in [0.05, 0.1) is 38.1 Å². The van der Waals surface area contributed by atoms with Crippen LogP contribution in [-0.4, -0.2) is 302 Å². The van der Waals surface area contributed by atoms with E-state index in [4.69, 9.17) is 9.47 Å². The van der Waals surface area contributed by atoms with Crippen LogP contribution in [0.15, 0.2) is 12.2 Å². The van der Waals surface area contributed by atoms with Gasteiger partial charge in [-0.25, -0.2) is 8.78 Å². The highest BCUT2D eigenvalue weighted by Gasteiger charge is 2.56. The smallest absolute Gasteiger partial charge is 0.379 e. The average Bonchev–Trinajstić information content (AvgIpc) is 1.30. The molecule has 12 atom stereocenters. The third-order valence-corrected chi connectivity index (χ3v) is 24.2. The summed E-state index contributed by atoms with van der Waals surface area (Å²) in [6.07, 6.45) is -13.0. The van der Waals surface area contributed by atoms with Crippen LogP contribution in [0.3, 0.4) is 0 Å². The fraction of sp³-hybridized carbons (Fsp3) is 0.816. The van der Waals surface area contributed by atoms with Gasteiger partial charge >= 0.3 is 12.4 Å². The Morgan fingerprint density at radius 3 is 1.85 bits per heavy atom. The first-order valence-corrected chi connectivity index (χ1v) is 39.3. The lowest BCUT2D eigenvalue weighted by Crippen LogP contribution is -2.68. The number of alkyl halides is 8. The highest BCUT2D eigenvalue weighted by molar-refractivity contribution is 6.01. The van der Waals surface area contributed by atoms with E-state index in [2.05, 4.69) is 16.0 Å². The predicted molar refractivity (Wildman–Crippen MR) is 387 cm³/mol. The zero-order valence-electron chi connectivity index (χ0n) is 65.9. The number of likely N-dealkylation sites (N-methyl/N-ethyl adjacent to an activating group) is 7. The summed E-state index contributed by atoms with van der Waals surface area (Å²) < 4.78 is 127. The molecular weight excluding hydrogens is 1460 g/mol. The van der Waals surface area contributed by atoms with Crippen molar-refractivity contribution in [2.45, 2.75) is 261 Å². The highest BCUT2D eigenvalue weighted by Crippen LogP contribution is 2.46. The Morgan fingerprint density at radius 2 is 1.28 bits per heavy atom. The number of amides is 12. The molecular formula is C76H118F8N12O14. The van der Waals surface area contributed by atoms with Gasteiger partial charge in [0.1, 0.15) is 72.1 Å². The zero-order chi connectivity index (χ0) is 81.6. The maximum Gasteiger partial charge on any atom is 0.397 e. The molecule has 3 N–H and O–H groups in total. The van der Waals surface area contributed by atoms with Crippen molar-refractivity contribution in [2.75, 3.05) is 102 Å². The standard InChI is InChI=1S/C76H118F8N12O14/c1-13-34-88(6)68(103)56-40-60(98)92(10)58(44-109-15-3)65(100)86-63(45(5)14-2)71(106)90(8)43-61(99)91(9)54-25-18-17-21-35-95(70(54)105)57(38-46-26-29-49(30-27-46)75(79,80)81)69(104)89(7)42-59(97)85-53(31-28-47-36-51(77)62(52(78)37-47)76(82,83)84)67(102)96-41-50(110-16-4)39-55(96)66(101)87-74(32-22-33-74)73(108)94(12)64(72(107)93(56)11)48-23-19-20-24-48/h17-18,45-58,62-64H,13-16,19-44H2,1-12H3,(H,85,97)(H,86,100)(H,87,101)/b18-17-/t45-,46?,47?,49?,50+,51?,52?,53-,54-,55-,56-,57-,58-,62?,63-,64-/m0/s1. The Kier molecular flexibility index (Phi) is 32.3. The third-order valence-electron chi connectivity index (χ3n) is 24.2. The minimum atomic E-state index is -5.22. The molecule has 26 nitrogen and oxygen atoms in total. The number of rotatable bonds is 16. The van der Waals surface area contributed by atoms with Gasteiger partial charge in [0.15, 0.2) is 0 Å². The first-order valence-electron chi connectivity index (χ1n) is 39.3. The van der Waals surface area contributed by atoms with Crippen molar-refractivity contribution in [3.63, 3.8) is 0 Å². The molecule has 2 unspecified atom stereocenters. The second-order valence-corrected chi connectivity index (χ2v) is 31.7. The lowest BCUT2D eigenvalue weighted by molar-refractivity contribution is -0.219. The minimum absolute atomic E-state index is 0.0101. The second-order valence-electron chi connectivity index (χ2n) is 31.7. The number of hydrogen-bond acceptors (Lipinski definition) is 14. The van der Waals surface area contributed by atoms with E-state index in [0.717, 1.165) is 29.4 Å². The molecule has 34 heteroatoms. The van der Waals surface area contributed by atoms with Crippen molar-refractivity contribution < 1.29 is 102 Å². The molecule has 4 saturated carbocycles. The lowest BCUT2D eigenvalue weighted by atomic mass is 9.74. The van der Waals surface area contributed by atoms with Crippen LogP contribution in [-0.2, 0) is 67.0 Å². The Balaban J connectivity index is 1.33. The molecule has 3 aliphatic heterocycles. The summed E-state index contributed by atoms with van der Waals surface area (Å²) >= 11 is 0. The van der Waals surface area contributed by atoms with Crippen molar-refractivity contribution in [2.24, 2.45) is 35.5 Å². The predicted octanol–water partition coefficient (Wildman–Crippen LogP) is 6.12. The van der Waals surface area contributed by atoms with Gasteiger partial charge in [0.2, 0.25) is 70.9 Å². The topological polar surface area (TPSA) is 289 Å². The first kappa shape index (κ1) is 89.9. The van der Waals surface area contributed by atoms with Crippen LogP contribution in [0, 0.1) is 35.5 Å². The quantitative estimate of drug-likeness (QED) is 0.116. The van der Waals surface area contributed by atoms with E-state index in [-0.39, 0.29) is 103 Å². The number of fused-ring (bicyclic) bond motifs is 3. The van der Waals surface area contributed by atoms with Crippen LogP contribution >= 0.6 is 0 Å². The molecule has 4 aliphatic carbocycles. The van der Waals surface area contributed by atoms with E-state index < -0.39 is 236 Å². The van der Waals surface area contributed by atoms with Gasteiger partial charge in [-0.1, -0.05) is 52.2 Å². The van der Waals surface area contributed by atoms with Gasteiger partial charge in [-0.3, -0.25) is 57.5 Å². The van der Waals surface area contributed by atoms with E-state index in [1.165, 1.54) is 64.0 Å². The third kappa shape index (κ3) is 21.9. The summed E-state index contributed by atoms with van der Waals surface area (Å²) in [5.74, 6) is -17.1. The van der Waals surface area contributed by atoms with E-state index in [1.807, 2.05) is 6.92 Å². The van der Waals surface area contributed by atoms with Crippen LogP contribution in [0.2, 0.25) is 0 Å². The average molecular weight is 1580 g/mol. The summed E-state index contributed by atoms with van der Waals surface area (Å²) in [5.41, 5.74) is -1.70. The zero-order valence-corrected chi connectivity index (χ0v) is 65.9. The molecule has 12 amide bonds. The Hall–Kier alpha value is -7.26. The fourth-order valence-electron chi connectivity index (χ4n) is 17.1. The largest absolute Gasteiger partial charge is 0.397 e. The Bertz CT molecular complexity index is 3250. The van der Waals surface area contributed by atoms with E-state index in [1.54, 1.807) is 39.8 Å². The summed E-state index contributed by atoms with van der Waals surface area (Å²) in [6, 6.07) is -11.7. The van der Waals surface area contributed by atoms with Crippen molar-refractivity contribution in [3.05, 3.63) is 12.2 Å². The molecule has 1 spiro atoms. The van der Waals surface area contributed by atoms with Crippen LogP contribution in [0.25, 0.3) is 0 Å². The molecule has 0 aromatic carbocycles. The Labute approximate surface area is 640 Å². The van der Waals surface area contributed by atoms with E-state index in [0.29, 0.717) is 44.9 Å². The second kappa shape index (κ2) is 39.5. The number of ether oxygens (including phenoxy) is 2. The number of nitrogens with one attached hydrogen (secondary N) is 3. The molecule has 2 bridgehead atoms. The van der Waals surface area contributed by atoms with E-state index >= 15 is 37.5 Å². The number of halogens is 8. The van der Waals surface area contributed by atoms with Crippen LogP contribution < -0.4 is 16.0 Å². The maximum absolute atomic E-state index is 15.6. The monoisotopic (exact) mass is 1570 g/mol. The first-order chi connectivity index (χ1) is 51.7. The molecule has 6 fully saturated rings. The van der Waals surface area contributed by atoms with Crippen molar-refractivity contribution in [1.82, 2.24) is 60.0 Å². The summed E-state index contributed by atoms with van der Waals surface area (Å²) in [4.78, 5) is 192. The molecule has 0 aromatic rings. The van der Waals surface area contributed by atoms with Gasteiger partial charge < -0.3 is 69.5 Å². The molecule has 3 heterocycles. The number of carbonyl (C=O) groups is 12. The maximum atomic E-state index is 15.6. The van der Waals surface area contributed by atoms with Gasteiger partial charge in [-0.15, -0.1) is 0 Å². The summed E-state index contributed by atoms with van der Waals surface area (Å²) in [5, 5.41) is 8.35. The number of hydrogen-bond donors (Lipinski definition) is 3. The Morgan fingerprint density at radius 1 is 0.645 bits per heavy atom. The molecule has 0 aromatic heterocycles. The summed E-state index contributed by atoms with van der Waals surface area (Å²) in [6.45, 7) is 6.50. The van der Waals surface area contributed by atoms with Crippen LogP contribution in [0.4, 0.5) is 35.1 Å². The number of carbonyl (C=O) groups excluding carboxylic acids is 12. The van der Waals surface area contributed by atoms with Crippen molar-refractivity contribution >= 4 is 70.9 Å². The summed E-state index contributed by atoms with van der Waals surface area (Å²) in [7, 11) is 9.41. The van der Waals surface area contributed by atoms with Gasteiger partial charge in [-0.2, -0.15) is 26.3 Å². The number of nitrogens with zero attached hydrogens (tertiary/aromatic N) is 9. The molecule has 2 saturated heterocycles. The molecule has 622 valence electrons. The van der Waals surface area contributed by atoms with Gasteiger partial charge in [-0.05, 0) is 147 Å². The van der Waals surface area contributed by atoms with E-state index in [9.17, 15) is 55.1 Å². The van der Waals surface area contributed by atoms with Crippen LogP contribution in [0.5, 0.6) is 0 Å². The van der Waals surface area contributed by atoms with Crippen molar-refractivity contribution in [3.8, 4) is 0 Å². The molecule has 0 radical (unpaired) electrons. The van der Waals surface area contributed by atoms with Gasteiger partial charge in [0.25, 0.3) is 0 Å². The highest BCUT2D eigenvalue weighted by atomic mass is 19.4. The molecule has 110 heavy (non-hydrogen) atoms. The minimum Gasteiger partial charge on any atom is -0.379 e. The fourth-order valence-corrected chi connectivity index (χ4v) is 17.1. The molecule has 7 rings (SSSR count). The van der Waals surface area contributed by atoms with Gasteiger partial charge in [0, 0.05) is 88.6 Å². The SMILES string of the molecule is CCCN(C)C(=O)[C@@H]1CC(=O)N(C)[C@@H](COCC)C(=O)N[C@@H]([C@@H](C)CC)C(=O)N(C)CC(=O)N(C)[C@H]2C/C=C\CCN(C2=O)[C@@H](CC2CCC(C(F)(F)F)CC2)C(=O)N(C)CC(=O)N[C@@H](CCC2CC(F)C(C(F)(F)F)C(F)C2)C(=O)N2C[C@H](OCC)C[C@H]2C(=O)NC2(CCC2)C(=O)N(C)[C@@H](C2CCCC2)C(=O)N1C. The lowest BCUT2D eigenvalue weighted by Gasteiger charge is -2.46. The van der Waals surface area contributed by atoms with Crippen LogP contribution in [0.1, 0.15) is 176 Å².